The maximum Gasteiger partial charge on any atom is 0.412 e. The van der Waals surface area contributed by atoms with Crippen LogP contribution in [0.3, 0.4) is 0 Å². The van der Waals surface area contributed by atoms with Gasteiger partial charge in [-0.1, -0.05) is 0 Å². The predicted molar refractivity (Wildman–Crippen MR) is 52.3 cm³/mol. The van der Waals surface area contributed by atoms with Gasteiger partial charge in [0.1, 0.15) is 12.1 Å². The molecule has 4 nitrogen and oxygen atoms in total. The molecule has 16 heavy (non-hydrogen) atoms. The van der Waals surface area contributed by atoms with Crippen molar-refractivity contribution in [2.75, 3.05) is 13.6 Å². The van der Waals surface area contributed by atoms with E-state index in [0.717, 1.165) is 11.0 Å². The number of amides is 1. The second kappa shape index (κ2) is 4.32. The molecule has 3 N–H and O–H groups in total. The largest absolute Gasteiger partial charge is 0.412 e. The molecule has 0 bridgehead atoms. The molecule has 7 heteroatoms. The van der Waals surface area contributed by atoms with E-state index in [2.05, 4.69) is 5.32 Å². The first kappa shape index (κ1) is 12.8. The van der Waals surface area contributed by atoms with E-state index in [-0.39, 0.29) is 12.2 Å². The summed E-state index contributed by atoms with van der Waals surface area (Å²) >= 11 is 0. The van der Waals surface area contributed by atoms with Gasteiger partial charge in [-0.25, -0.2) is 0 Å². The van der Waals surface area contributed by atoms with Crippen molar-refractivity contribution in [2.24, 2.45) is 5.73 Å². The fourth-order valence-corrected chi connectivity index (χ4v) is 1.73. The lowest BCUT2D eigenvalue weighted by atomic mass is 10.0. The molecule has 0 spiro atoms. The van der Waals surface area contributed by atoms with Gasteiger partial charge in [0.05, 0.1) is 0 Å². The Labute approximate surface area is 91.3 Å². The Hall–Kier alpha value is -1.24. The first-order chi connectivity index (χ1) is 7.32. The van der Waals surface area contributed by atoms with Crippen molar-refractivity contribution in [3.63, 3.8) is 0 Å². The van der Waals surface area contributed by atoms with Gasteiger partial charge >= 0.3 is 6.18 Å². The van der Waals surface area contributed by atoms with Crippen LogP contribution in [0.4, 0.5) is 13.2 Å². The van der Waals surface area contributed by atoms with Crippen LogP contribution in [0.1, 0.15) is 6.92 Å². The van der Waals surface area contributed by atoms with E-state index >= 15 is 0 Å². The summed E-state index contributed by atoms with van der Waals surface area (Å²) in [6.07, 6.45) is -3.61. The van der Waals surface area contributed by atoms with Gasteiger partial charge in [0.15, 0.2) is 0 Å². The van der Waals surface area contributed by atoms with E-state index < -0.39 is 24.2 Å². The van der Waals surface area contributed by atoms with Crippen molar-refractivity contribution >= 4 is 5.91 Å². The van der Waals surface area contributed by atoms with Crippen molar-refractivity contribution in [3.05, 3.63) is 11.8 Å². The third-order valence-corrected chi connectivity index (χ3v) is 2.51. The fourth-order valence-electron chi connectivity index (χ4n) is 1.73. The monoisotopic (exact) mass is 237 g/mol. The zero-order valence-electron chi connectivity index (χ0n) is 9.01. The fraction of sp³-hybridized carbons (Fsp3) is 0.667. The standard InChI is InChI=1S/C9H14F3N3O/c1-3-15-6(9(10,11)12)4-5(13)7(14-2)8(15)16/h4,6-7,14H,3,13H2,1-2H3. The molecular formula is C9H14F3N3O. The zero-order chi connectivity index (χ0) is 12.5. The van der Waals surface area contributed by atoms with Crippen LogP contribution in [0.25, 0.3) is 0 Å². The highest BCUT2D eigenvalue weighted by molar-refractivity contribution is 5.86. The Morgan fingerprint density at radius 3 is 2.50 bits per heavy atom. The summed E-state index contributed by atoms with van der Waals surface area (Å²) in [5, 5.41) is 2.59. The normalized spacial score (nSPS) is 26.9. The van der Waals surface area contributed by atoms with E-state index in [9.17, 15) is 18.0 Å². The first-order valence-corrected chi connectivity index (χ1v) is 4.84. The minimum atomic E-state index is -4.49. The minimum absolute atomic E-state index is 0.00896. The molecule has 0 aromatic carbocycles. The summed E-state index contributed by atoms with van der Waals surface area (Å²) in [4.78, 5) is 12.5. The molecule has 1 rings (SSSR count). The number of hydrogen-bond acceptors (Lipinski definition) is 3. The summed E-state index contributed by atoms with van der Waals surface area (Å²) in [7, 11) is 1.48. The number of carbonyl (C=O) groups excluding carboxylic acids is 1. The number of nitrogens with zero attached hydrogens (tertiary/aromatic N) is 1. The third-order valence-electron chi connectivity index (χ3n) is 2.51. The van der Waals surface area contributed by atoms with Gasteiger partial charge in [0, 0.05) is 12.2 Å². The van der Waals surface area contributed by atoms with Crippen LogP contribution in [-0.2, 0) is 4.79 Å². The molecule has 92 valence electrons. The lowest BCUT2D eigenvalue weighted by Crippen LogP contribution is -2.58. The van der Waals surface area contributed by atoms with Crippen molar-refractivity contribution in [3.8, 4) is 0 Å². The quantitative estimate of drug-likeness (QED) is 0.721. The Kier molecular flexibility index (Phi) is 3.47. The molecule has 1 aliphatic rings. The number of nitrogens with two attached hydrogens (primary N) is 1. The Morgan fingerprint density at radius 2 is 2.12 bits per heavy atom. The number of nitrogens with one attached hydrogen (secondary N) is 1. The number of halogens is 3. The average molecular weight is 237 g/mol. The van der Waals surface area contributed by atoms with Crippen LogP contribution in [0.2, 0.25) is 0 Å². The summed E-state index contributed by atoms with van der Waals surface area (Å²) in [5.74, 6) is -0.646. The topological polar surface area (TPSA) is 58.4 Å². The Morgan fingerprint density at radius 1 is 1.56 bits per heavy atom. The van der Waals surface area contributed by atoms with Crippen LogP contribution >= 0.6 is 0 Å². The van der Waals surface area contributed by atoms with Crippen LogP contribution in [0.5, 0.6) is 0 Å². The Balaban J connectivity index is 3.11. The SMILES string of the molecule is CCN1C(=O)C(NC)C(N)=CC1C(F)(F)F. The summed E-state index contributed by atoms with van der Waals surface area (Å²) in [6, 6.07) is -2.78. The van der Waals surface area contributed by atoms with Gasteiger partial charge in [0.25, 0.3) is 0 Å². The molecule has 2 unspecified atom stereocenters. The van der Waals surface area contributed by atoms with Crippen molar-refractivity contribution in [1.82, 2.24) is 10.2 Å². The lowest BCUT2D eigenvalue weighted by Gasteiger charge is -2.37. The number of carbonyl (C=O) groups is 1. The zero-order valence-corrected chi connectivity index (χ0v) is 9.01. The summed E-state index contributed by atoms with van der Waals surface area (Å²) in [6.45, 7) is 1.49. The molecule has 0 aromatic heterocycles. The highest BCUT2D eigenvalue weighted by atomic mass is 19.4. The van der Waals surface area contributed by atoms with Crippen LogP contribution < -0.4 is 11.1 Å². The van der Waals surface area contributed by atoms with Crippen molar-refractivity contribution < 1.29 is 18.0 Å². The number of likely N-dealkylation sites (N-methyl/N-ethyl adjacent to an activating group) is 2. The van der Waals surface area contributed by atoms with E-state index in [4.69, 9.17) is 5.73 Å². The first-order valence-electron chi connectivity index (χ1n) is 4.84. The molecule has 0 saturated heterocycles. The number of hydrogen-bond donors (Lipinski definition) is 2. The van der Waals surface area contributed by atoms with Crippen LogP contribution in [0, 0.1) is 0 Å². The van der Waals surface area contributed by atoms with E-state index in [1.165, 1.54) is 14.0 Å². The second-order valence-corrected chi connectivity index (χ2v) is 3.50. The van der Waals surface area contributed by atoms with E-state index in [1.54, 1.807) is 0 Å². The summed E-state index contributed by atoms with van der Waals surface area (Å²) < 4.78 is 37.9. The lowest BCUT2D eigenvalue weighted by molar-refractivity contribution is -0.181. The number of alkyl halides is 3. The molecule has 0 radical (unpaired) electrons. The van der Waals surface area contributed by atoms with Crippen molar-refractivity contribution in [2.45, 2.75) is 25.2 Å². The smallest absolute Gasteiger partial charge is 0.401 e. The molecular weight excluding hydrogens is 223 g/mol. The van der Waals surface area contributed by atoms with Gasteiger partial charge in [-0.05, 0) is 20.0 Å². The molecule has 0 fully saturated rings. The molecule has 1 amide bonds. The van der Waals surface area contributed by atoms with Gasteiger partial charge < -0.3 is 16.0 Å². The van der Waals surface area contributed by atoms with Gasteiger partial charge in [-0.2, -0.15) is 13.2 Å². The van der Waals surface area contributed by atoms with Gasteiger partial charge in [-0.3, -0.25) is 4.79 Å². The summed E-state index contributed by atoms with van der Waals surface area (Å²) in [5.41, 5.74) is 5.35. The molecule has 0 aromatic rings. The van der Waals surface area contributed by atoms with Crippen LogP contribution in [-0.4, -0.2) is 42.7 Å². The molecule has 0 aliphatic carbocycles. The van der Waals surface area contributed by atoms with Gasteiger partial charge in [0.2, 0.25) is 5.91 Å². The van der Waals surface area contributed by atoms with Crippen LogP contribution in [0.15, 0.2) is 11.8 Å². The highest BCUT2D eigenvalue weighted by Gasteiger charge is 2.47. The third kappa shape index (κ3) is 2.13. The molecule has 2 atom stereocenters. The molecule has 1 aliphatic heterocycles. The Bertz CT molecular complexity index is 314. The van der Waals surface area contributed by atoms with Crippen molar-refractivity contribution in [1.29, 1.82) is 0 Å². The minimum Gasteiger partial charge on any atom is -0.401 e. The second-order valence-electron chi connectivity index (χ2n) is 3.50. The molecule has 1 heterocycles. The predicted octanol–water partition coefficient (Wildman–Crippen LogP) is 0.210. The average Bonchev–Trinajstić information content (AvgIpc) is 2.16. The maximum absolute atomic E-state index is 12.6. The van der Waals surface area contributed by atoms with E-state index in [1.807, 2.05) is 0 Å². The van der Waals surface area contributed by atoms with E-state index in [0.29, 0.717) is 0 Å². The maximum atomic E-state index is 12.6. The van der Waals surface area contributed by atoms with Gasteiger partial charge in [-0.15, -0.1) is 0 Å². The number of rotatable bonds is 2. The highest BCUT2D eigenvalue weighted by Crippen LogP contribution is 2.29. The molecule has 0 saturated carbocycles.